The quantitative estimate of drug-likeness (QED) is 0.768. The average Bonchev–Trinajstić information content (AvgIpc) is 2.28. The summed E-state index contributed by atoms with van der Waals surface area (Å²) in [4.78, 5) is 0. The van der Waals surface area contributed by atoms with Gasteiger partial charge in [-0.3, -0.25) is 0 Å². The molecule has 0 radical (unpaired) electrons. The van der Waals surface area contributed by atoms with E-state index in [1.165, 1.54) is 18.2 Å². The van der Waals surface area contributed by atoms with Crippen LogP contribution in [-0.2, 0) is 6.61 Å². The average molecular weight is 220 g/mol. The van der Waals surface area contributed by atoms with Crippen molar-refractivity contribution >= 4 is 0 Å². The van der Waals surface area contributed by atoms with Gasteiger partial charge in [-0.2, -0.15) is 0 Å². The summed E-state index contributed by atoms with van der Waals surface area (Å²) in [6.45, 7) is 0.0934. The normalized spacial score (nSPS) is 10.1. The van der Waals surface area contributed by atoms with Crippen LogP contribution in [0.2, 0.25) is 0 Å². The maximum Gasteiger partial charge on any atom is 0.129 e. The van der Waals surface area contributed by atoms with Gasteiger partial charge in [0, 0.05) is 11.6 Å². The van der Waals surface area contributed by atoms with Crippen molar-refractivity contribution < 1.29 is 13.5 Å². The van der Waals surface area contributed by atoms with Gasteiger partial charge in [0.1, 0.15) is 24.0 Å². The van der Waals surface area contributed by atoms with E-state index in [1.54, 1.807) is 30.3 Å². The molecule has 2 rings (SSSR count). The standard InChI is InChI=1S/C13H10F2O/c14-11-5-3-6-12(8-11)16-9-10-4-1-2-7-13(10)15/h1-8H,9H2. The van der Waals surface area contributed by atoms with Crippen molar-refractivity contribution in [1.29, 1.82) is 0 Å². The second-order valence-corrected chi connectivity index (χ2v) is 3.34. The van der Waals surface area contributed by atoms with Crippen LogP contribution in [0.3, 0.4) is 0 Å². The van der Waals surface area contributed by atoms with E-state index in [0.717, 1.165) is 0 Å². The van der Waals surface area contributed by atoms with E-state index in [4.69, 9.17) is 4.74 Å². The summed E-state index contributed by atoms with van der Waals surface area (Å²) < 4.78 is 31.3. The van der Waals surface area contributed by atoms with E-state index < -0.39 is 0 Å². The topological polar surface area (TPSA) is 9.23 Å². The smallest absolute Gasteiger partial charge is 0.129 e. The van der Waals surface area contributed by atoms with Gasteiger partial charge < -0.3 is 4.74 Å². The van der Waals surface area contributed by atoms with Crippen LogP contribution in [0.15, 0.2) is 48.5 Å². The number of ether oxygens (including phenoxy) is 1. The van der Waals surface area contributed by atoms with E-state index in [2.05, 4.69) is 0 Å². The first kappa shape index (κ1) is 10.6. The third-order valence-electron chi connectivity index (χ3n) is 2.15. The Kier molecular flexibility index (Phi) is 3.15. The molecule has 0 atom stereocenters. The molecular formula is C13H10F2O. The highest BCUT2D eigenvalue weighted by molar-refractivity contribution is 5.23. The predicted molar refractivity (Wildman–Crippen MR) is 57.1 cm³/mol. The minimum Gasteiger partial charge on any atom is -0.489 e. The molecule has 0 saturated carbocycles. The third-order valence-corrected chi connectivity index (χ3v) is 2.15. The first-order valence-electron chi connectivity index (χ1n) is 4.87. The largest absolute Gasteiger partial charge is 0.489 e. The Hall–Kier alpha value is -1.90. The van der Waals surface area contributed by atoms with E-state index in [9.17, 15) is 8.78 Å². The minimum absolute atomic E-state index is 0.0934. The van der Waals surface area contributed by atoms with Crippen molar-refractivity contribution in [1.82, 2.24) is 0 Å². The molecule has 0 aliphatic carbocycles. The van der Waals surface area contributed by atoms with Gasteiger partial charge >= 0.3 is 0 Å². The monoisotopic (exact) mass is 220 g/mol. The van der Waals surface area contributed by atoms with Gasteiger partial charge in [0.15, 0.2) is 0 Å². The van der Waals surface area contributed by atoms with Crippen LogP contribution in [0, 0.1) is 11.6 Å². The Morgan fingerprint density at radius 3 is 2.50 bits per heavy atom. The maximum atomic E-state index is 13.2. The predicted octanol–water partition coefficient (Wildman–Crippen LogP) is 3.54. The van der Waals surface area contributed by atoms with Gasteiger partial charge in [0.25, 0.3) is 0 Å². The van der Waals surface area contributed by atoms with Gasteiger partial charge in [-0.15, -0.1) is 0 Å². The molecule has 0 amide bonds. The van der Waals surface area contributed by atoms with E-state index in [0.29, 0.717) is 11.3 Å². The van der Waals surface area contributed by atoms with Crippen LogP contribution < -0.4 is 4.74 Å². The van der Waals surface area contributed by atoms with E-state index in [1.807, 2.05) is 0 Å². The summed E-state index contributed by atoms with van der Waals surface area (Å²) in [6, 6.07) is 12.1. The molecular weight excluding hydrogens is 210 g/mol. The Bertz CT molecular complexity index is 483. The molecule has 2 aromatic carbocycles. The highest BCUT2D eigenvalue weighted by Gasteiger charge is 2.01. The zero-order valence-corrected chi connectivity index (χ0v) is 8.49. The fraction of sp³-hybridized carbons (Fsp3) is 0.0769. The molecule has 0 unspecified atom stereocenters. The van der Waals surface area contributed by atoms with Crippen LogP contribution in [0.25, 0.3) is 0 Å². The lowest BCUT2D eigenvalue weighted by Gasteiger charge is -2.06. The molecule has 0 fully saturated rings. The first-order valence-corrected chi connectivity index (χ1v) is 4.87. The Balaban J connectivity index is 2.05. The number of rotatable bonds is 3. The Morgan fingerprint density at radius 2 is 1.75 bits per heavy atom. The van der Waals surface area contributed by atoms with Crippen LogP contribution >= 0.6 is 0 Å². The van der Waals surface area contributed by atoms with Crippen LogP contribution in [0.5, 0.6) is 5.75 Å². The van der Waals surface area contributed by atoms with Crippen LogP contribution in [0.4, 0.5) is 8.78 Å². The van der Waals surface area contributed by atoms with E-state index in [-0.39, 0.29) is 18.2 Å². The summed E-state index contributed by atoms with van der Waals surface area (Å²) in [5.41, 5.74) is 0.451. The Morgan fingerprint density at radius 1 is 0.938 bits per heavy atom. The van der Waals surface area contributed by atoms with Crippen LogP contribution in [0.1, 0.15) is 5.56 Å². The van der Waals surface area contributed by atoms with Gasteiger partial charge in [-0.05, 0) is 18.2 Å². The molecule has 0 aliphatic heterocycles. The second kappa shape index (κ2) is 4.75. The highest BCUT2D eigenvalue weighted by Crippen LogP contribution is 2.15. The summed E-state index contributed by atoms with van der Waals surface area (Å²) in [6.07, 6.45) is 0. The molecule has 1 nitrogen and oxygen atoms in total. The molecule has 82 valence electrons. The van der Waals surface area contributed by atoms with Gasteiger partial charge in [-0.1, -0.05) is 24.3 Å². The third kappa shape index (κ3) is 2.57. The summed E-state index contributed by atoms with van der Waals surface area (Å²) in [5, 5.41) is 0. The van der Waals surface area contributed by atoms with Crippen molar-refractivity contribution in [2.45, 2.75) is 6.61 Å². The lowest BCUT2D eigenvalue weighted by molar-refractivity contribution is 0.298. The molecule has 0 N–H and O–H groups in total. The summed E-state index contributed by atoms with van der Waals surface area (Å²) >= 11 is 0. The number of benzene rings is 2. The second-order valence-electron chi connectivity index (χ2n) is 3.34. The fourth-order valence-electron chi connectivity index (χ4n) is 1.33. The van der Waals surface area contributed by atoms with Gasteiger partial charge in [0.05, 0.1) is 0 Å². The van der Waals surface area contributed by atoms with Crippen molar-refractivity contribution in [2.24, 2.45) is 0 Å². The SMILES string of the molecule is Fc1cccc(OCc2ccccc2F)c1. The maximum absolute atomic E-state index is 13.2. The Labute approximate surface area is 92.3 Å². The van der Waals surface area contributed by atoms with Gasteiger partial charge in [-0.25, -0.2) is 8.78 Å². The zero-order chi connectivity index (χ0) is 11.4. The van der Waals surface area contributed by atoms with Crippen molar-refractivity contribution in [2.75, 3.05) is 0 Å². The molecule has 0 spiro atoms. The van der Waals surface area contributed by atoms with E-state index >= 15 is 0 Å². The lowest BCUT2D eigenvalue weighted by atomic mass is 10.2. The van der Waals surface area contributed by atoms with Crippen LogP contribution in [-0.4, -0.2) is 0 Å². The zero-order valence-electron chi connectivity index (χ0n) is 8.49. The highest BCUT2D eigenvalue weighted by atomic mass is 19.1. The number of halogens is 2. The first-order chi connectivity index (χ1) is 7.75. The number of hydrogen-bond donors (Lipinski definition) is 0. The van der Waals surface area contributed by atoms with Crippen molar-refractivity contribution in [3.8, 4) is 5.75 Å². The molecule has 16 heavy (non-hydrogen) atoms. The molecule has 0 saturated heterocycles. The minimum atomic E-state index is -0.369. The summed E-state index contributed by atoms with van der Waals surface area (Å²) in [7, 11) is 0. The van der Waals surface area contributed by atoms with Gasteiger partial charge in [0.2, 0.25) is 0 Å². The van der Waals surface area contributed by atoms with Crippen molar-refractivity contribution in [3.63, 3.8) is 0 Å². The molecule has 3 heteroatoms. The lowest BCUT2D eigenvalue weighted by Crippen LogP contribution is -1.98. The summed E-state index contributed by atoms with van der Waals surface area (Å²) in [5.74, 6) is -0.298. The molecule has 2 aromatic rings. The fourth-order valence-corrected chi connectivity index (χ4v) is 1.33. The number of hydrogen-bond acceptors (Lipinski definition) is 1. The molecule has 0 bridgehead atoms. The van der Waals surface area contributed by atoms with Crippen molar-refractivity contribution in [3.05, 3.63) is 65.7 Å². The molecule has 0 aliphatic rings. The molecule has 0 aromatic heterocycles. The molecule has 0 heterocycles.